The minimum atomic E-state index is 0.205. The Labute approximate surface area is 142 Å². The van der Waals surface area contributed by atoms with Gasteiger partial charge in [-0.05, 0) is 62.2 Å². The molecule has 0 amide bonds. The highest BCUT2D eigenvalue weighted by atomic mass is 16.5. The van der Waals surface area contributed by atoms with Crippen LogP contribution in [0.25, 0.3) is 0 Å². The summed E-state index contributed by atoms with van der Waals surface area (Å²) in [5.74, 6) is 2.26. The molecule has 5 nitrogen and oxygen atoms in total. The Kier molecular flexibility index (Phi) is 5.11. The number of rotatable bonds is 6. The Morgan fingerprint density at radius 3 is 2.38 bits per heavy atom. The molecule has 0 bridgehead atoms. The third-order valence-electron chi connectivity index (χ3n) is 4.35. The smallest absolute Gasteiger partial charge is 0.129 e. The molecule has 2 atom stereocenters. The summed E-state index contributed by atoms with van der Waals surface area (Å²) in [4.78, 5) is 0. The van der Waals surface area contributed by atoms with Crippen LogP contribution in [0.2, 0.25) is 0 Å². The van der Waals surface area contributed by atoms with Gasteiger partial charge in [-0.2, -0.15) is 0 Å². The van der Waals surface area contributed by atoms with Crippen LogP contribution >= 0.6 is 0 Å². The minimum absolute atomic E-state index is 0.205. The zero-order valence-electron chi connectivity index (χ0n) is 14.0. The lowest BCUT2D eigenvalue weighted by atomic mass is 10.1. The van der Waals surface area contributed by atoms with E-state index in [4.69, 9.17) is 20.9 Å². The zero-order chi connectivity index (χ0) is 16.9. The standard InChI is InChI=1S/C19H25N3O2/c1-2-19(18-4-3-11-22-18)24-14-7-5-13(6-8-14)23-15-9-10-16(20)17(21)12-15/h5-10,12,18-19,22H,2-4,11,20-21H2,1H3. The van der Waals surface area contributed by atoms with Crippen molar-refractivity contribution in [2.24, 2.45) is 0 Å². The van der Waals surface area contributed by atoms with Crippen molar-refractivity contribution in [3.05, 3.63) is 42.5 Å². The predicted molar refractivity (Wildman–Crippen MR) is 97.5 cm³/mol. The molecular weight excluding hydrogens is 302 g/mol. The topological polar surface area (TPSA) is 82.5 Å². The van der Waals surface area contributed by atoms with E-state index in [1.165, 1.54) is 12.8 Å². The first-order valence-corrected chi connectivity index (χ1v) is 8.48. The van der Waals surface area contributed by atoms with Crippen molar-refractivity contribution in [1.29, 1.82) is 0 Å². The van der Waals surface area contributed by atoms with Crippen molar-refractivity contribution in [2.75, 3.05) is 18.0 Å². The summed E-state index contributed by atoms with van der Waals surface area (Å²) in [6.45, 7) is 3.25. The van der Waals surface area contributed by atoms with Crippen molar-refractivity contribution in [2.45, 2.75) is 38.3 Å². The van der Waals surface area contributed by atoms with Gasteiger partial charge >= 0.3 is 0 Å². The third-order valence-corrected chi connectivity index (χ3v) is 4.35. The van der Waals surface area contributed by atoms with E-state index < -0.39 is 0 Å². The lowest BCUT2D eigenvalue weighted by Gasteiger charge is -2.24. The zero-order valence-corrected chi connectivity index (χ0v) is 14.0. The van der Waals surface area contributed by atoms with Crippen LogP contribution < -0.4 is 26.3 Å². The van der Waals surface area contributed by atoms with Crippen LogP contribution in [0.1, 0.15) is 26.2 Å². The lowest BCUT2D eigenvalue weighted by molar-refractivity contribution is 0.157. The van der Waals surface area contributed by atoms with Gasteiger partial charge in [0, 0.05) is 12.1 Å². The average Bonchev–Trinajstić information content (AvgIpc) is 3.12. The molecule has 0 aliphatic carbocycles. The molecule has 1 aliphatic rings. The molecular formula is C19H25N3O2. The number of ether oxygens (including phenoxy) is 2. The first kappa shape index (κ1) is 16.5. The van der Waals surface area contributed by atoms with Gasteiger partial charge in [-0.3, -0.25) is 0 Å². The van der Waals surface area contributed by atoms with Gasteiger partial charge in [-0.1, -0.05) is 6.92 Å². The van der Waals surface area contributed by atoms with Crippen molar-refractivity contribution in [1.82, 2.24) is 5.32 Å². The molecule has 0 saturated carbocycles. The molecule has 5 N–H and O–H groups in total. The summed E-state index contributed by atoms with van der Waals surface area (Å²) in [6, 6.07) is 13.4. The van der Waals surface area contributed by atoms with Gasteiger partial charge in [0.1, 0.15) is 23.4 Å². The monoisotopic (exact) mass is 327 g/mol. The number of nitrogens with two attached hydrogens (primary N) is 2. The second-order valence-electron chi connectivity index (χ2n) is 6.13. The number of benzene rings is 2. The van der Waals surface area contributed by atoms with E-state index in [0.717, 1.165) is 24.5 Å². The number of hydrogen-bond acceptors (Lipinski definition) is 5. The molecule has 3 rings (SSSR count). The molecule has 2 aromatic carbocycles. The van der Waals surface area contributed by atoms with Crippen LogP contribution in [0.3, 0.4) is 0 Å². The second-order valence-corrected chi connectivity index (χ2v) is 6.13. The Balaban J connectivity index is 1.63. The van der Waals surface area contributed by atoms with Crippen molar-refractivity contribution < 1.29 is 9.47 Å². The predicted octanol–water partition coefficient (Wildman–Crippen LogP) is 3.55. The van der Waals surface area contributed by atoms with Gasteiger partial charge in [-0.25, -0.2) is 0 Å². The number of nitrogen functional groups attached to an aromatic ring is 2. The van der Waals surface area contributed by atoms with E-state index in [1.54, 1.807) is 18.2 Å². The van der Waals surface area contributed by atoms with Gasteiger partial charge < -0.3 is 26.3 Å². The summed E-state index contributed by atoms with van der Waals surface area (Å²) >= 11 is 0. The van der Waals surface area contributed by atoms with Crippen molar-refractivity contribution in [3.8, 4) is 17.2 Å². The van der Waals surface area contributed by atoms with Crippen molar-refractivity contribution >= 4 is 11.4 Å². The van der Waals surface area contributed by atoms with Crippen LogP contribution in [0, 0.1) is 0 Å². The first-order valence-electron chi connectivity index (χ1n) is 8.48. The van der Waals surface area contributed by atoms with E-state index >= 15 is 0 Å². The van der Waals surface area contributed by atoms with E-state index in [9.17, 15) is 0 Å². The van der Waals surface area contributed by atoms with E-state index in [0.29, 0.717) is 23.2 Å². The molecule has 1 fully saturated rings. The second kappa shape index (κ2) is 7.45. The molecule has 1 aliphatic heterocycles. The van der Waals surface area contributed by atoms with Gasteiger partial charge in [0.05, 0.1) is 11.4 Å². The minimum Gasteiger partial charge on any atom is -0.489 e. The first-order chi connectivity index (χ1) is 11.7. The molecule has 2 aromatic rings. The van der Waals surface area contributed by atoms with E-state index in [-0.39, 0.29) is 6.10 Å². The largest absolute Gasteiger partial charge is 0.489 e. The van der Waals surface area contributed by atoms with Gasteiger partial charge in [-0.15, -0.1) is 0 Å². The van der Waals surface area contributed by atoms with Crippen LogP contribution in [0.5, 0.6) is 17.2 Å². The maximum atomic E-state index is 6.13. The summed E-state index contributed by atoms with van der Waals surface area (Å²) in [5, 5.41) is 3.51. The van der Waals surface area contributed by atoms with Gasteiger partial charge in [0.15, 0.2) is 0 Å². The lowest BCUT2D eigenvalue weighted by Crippen LogP contribution is -2.38. The molecule has 128 valence electrons. The number of hydrogen-bond donors (Lipinski definition) is 3. The van der Waals surface area contributed by atoms with Gasteiger partial charge in [0.2, 0.25) is 0 Å². The Bertz CT molecular complexity index is 667. The van der Waals surface area contributed by atoms with E-state index in [1.807, 2.05) is 24.3 Å². The van der Waals surface area contributed by atoms with Gasteiger partial charge in [0.25, 0.3) is 0 Å². The SMILES string of the molecule is CCC(Oc1ccc(Oc2ccc(N)c(N)c2)cc1)C1CCCN1. The Morgan fingerprint density at radius 2 is 1.75 bits per heavy atom. The quantitative estimate of drug-likeness (QED) is 0.707. The number of anilines is 2. The maximum absolute atomic E-state index is 6.13. The Morgan fingerprint density at radius 1 is 1.04 bits per heavy atom. The fourth-order valence-corrected chi connectivity index (χ4v) is 2.99. The summed E-state index contributed by atoms with van der Waals surface area (Å²) in [6.07, 6.45) is 3.59. The van der Waals surface area contributed by atoms with Crippen LogP contribution in [-0.2, 0) is 0 Å². The molecule has 0 radical (unpaired) electrons. The van der Waals surface area contributed by atoms with Crippen molar-refractivity contribution in [3.63, 3.8) is 0 Å². The maximum Gasteiger partial charge on any atom is 0.129 e. The van der Waals surface area contributed by atoms with Crippen LogP contribution in [-0.4, -0.2) is 18.7 Å². The summed E-state index contributed by atoms with van der Waals surface area (Å²) < 4.78 is 11.9. The third kappa shape index (κ3) is 3.92. The highest BCUT2D eigenvalue weighted by Gasteiger charge is 2.24. The fraction of sp³-hybridized carbons (Fsp3) is 0.368. The highest BCUT2D eigenvalue weighted by Crippen LogP contribution is 2.28. The summed E-state index contributed by atoms with van der Waals surface area (Å²) in [7, 11) is 0. The fourth-order valence-electron chi connectivity index (χ4n) is 2.99. The van der Waals surface area contributed by atoms with Crippen LogP contribution in [0.15, 0.2) is 42.5 Å². The van der Waals surface area contributed by atoms with Crippen LogP contribution in [0.4, 0.5) is 11.4 Å². The van der Waals surface area contributed by atoms with E-state index in [2.05, 4.69) is 12.2 Å². The molecule has 0 spiro atoms. The molecule has 0 aromatic heterocycles. The Hall–Kier alpha value is -2.40. The molecule has 1 saturated heterocycles. The molecule has 2 unspecified atom stereocenters. The number of nitrogens with one attached hydrogen (secondary N) is 1. The highest BCUT2D eigenvalue weighted by molar-refractivity contribution is 5.65. The average molecular weight is 327 g/mol. The molecule has 5 heteroatoms. The summed E-state index contributed by atoms with van der Waals surface area (Å²) in [5.41, 5.74) is 12.6. The molecule has 24 heavy (non-hydrogen) atoms. The molecule has 1 heterocycles. The normalized spacial score (nSPS) is 18.3.